The number of rotatable bonds is 6. The molecule has 7 nitrogen and oxygen atoms in total. The van der Waals surface area contributed by atoms with E-state index in [0.29, 0.717) is 22.9 Å². The third-order valence-corrected chi connectivity index (χ3v) is 9.80. The van der Waals surface area contributed by atoms with Crippen molar-refractivity contribution in [2.75, 3.05) is 18.4 Å². The van der Waals surface area contributed by atoms with E-state index in [1.54, 1.807) is 35.7 Å². The van der Waals surface area contributed by atoms with Gasteiger partial charge < -0.3 is 4.74 Å². The van der Waals surface area contributed by atoms with Gasteiger partial charge in [0.05, 0.1) is 7.11 Å². The highest BCUT2D eigenvalue weighted by Gasteiger charge is 2.29. The molecule has 31 heavy (non-hydrogen) atoms. The number of hydrogen-bond donors (Lipinski definition) is 1. The molecule has 2 heterocycles. The van der Waals surface area contributed by atoms with Crippen LogP contribution in [0.3, 0.4) is 0 Å². The minimum absolute atomic E-state index is 0.0814. The molecule has 3 aromatic rings. The zero-order valence-corrected chi connectivity index (χ0v) is 19.6. The first kappa shape index (κ1) is 22.1. The number of sulfonamides is 2. The van der Waals surface area contributed by atoms with Crippen LogP contribution in [0.5, 0.6) is 5.75 Å². The van der Waals surface area contributed by atoms with Crippen LogP contribution >= 0.6 is 22.9 Å². The van der Waals surface area contributed by atoms with Crippen LogP contribution in [-0.2, 0) is 33.0 Å². The summed E-state index contributed by atoms with van der Waals surface area (Å²) in [5.74, 6) is 0.170. The SMILES string of the molecule is COc1ccc(Cl)cc1S(=O)(=O)Nc1ccc2c(c1)CN(S(=O)(=O)c1cccs1)CC2. The Morgan fingerprint density at radius 3 is 2.58 bits per heavy atom. The lowest BCUT2D eigenvalue weighted by atomic mass is 10.0. The van der Waals surface area contributed by atoms with Gasteiger partial charge in [-0.25, -0.2) is 16.8 Å². The van der Waals surface area contributed by atoms with E-state index in [9.17, 15) is 16.8 Å². The van der Waals surface area contributed by atoms with Gasteiger partial charge in [-0.05, 0) is 59.3 Å². The minimum Gasteiger partial charge on any atom is -0.495 e. The van der Waals surface area contributed by atoms with Gasteiger partial charge in [-0.2, -0.15) is 4.31 Å². The number of benzene rings is 2. The standard InChI is InChI=1S/C20H19ClN2O5S3/c1-28-18-7-5-16(21)12-19(18)30(24,25)22-17-6-4-14-8-9-23(13-15(14)11-17)31(26,27)20-3-2-10-29-20/h2-7,10-12,22H,8-9,13H2,1H3. The van der Waals surface area contributed by atoms with Gasteiger partial charge >= 0.3 is 0 Å². The first-order valence-electron chi connectivity index (χ1n) is 9.22. The van der Waals surface area contributed by atoms with E-state index in [1.807, 2.05) is 6.07 Å². The highest BCUT2D eigenvalue weighted by atomic mass is 35.5. The lowest BCUT2D eigenvalue weighted by Gasteiger charge is -2.28. The summed E-state index contributed by atoms with van der Waals surface area (Å²) in [6.45, 7) is 0.545. The van der Waals surface area contributed by atoms with E-state index < -0.39 is 20.0 Å². The number of ether oxygens (including phenoxy) is 1. The van der Waals surface area contributed by atoms with Gasteiger partial charge in [-0.1, -0.05) is 23.7 Å². The molecule has 0 atom stereocenters. The largest absolute Gasteiger partial charge is 0.495 e. The fourth-order valence-corrected chi connectivity index (χ4v) is 7.45. The molecule has 1 aliphatic rings. The number of halogens is 1. The molecule has 1 N–H and O–H groups in total. The number of methoxy groups -OCH3 is 1. The second-order valence-electron chi connectivity index (χ2n) is 6.90. The molecule has 0 unspecified atom stereocenters. The van der Waals surface area contributed by atoms with Crippen LogP contribution < -0.4 is 9.46 Å². The average Bonchev–Trinajstić information content (AvgIpc) is 3.29. The van der Waals surface area contributed by atoms with Crippen LogP contribution in [0.2, 0.25) is 5.02 Å². The van der Waals surface area contributed by atoms with Crippen molar-refractivity contribution in [1.29, 1.82) is 0 Å². The van der Waals surface area contributed by atoms with Crippen LogP contribution in [0.4, 0.5) is 5.69 Å². The summed E-state index contributed by atoms with van der Waals surface area (Å²) < 4.78 is 61.0. The summed E-state index contributed by atoms with van der Waals surface area (Å²) in [6.07, 6.45) is 0.551. The number of hydrogen-bond acceptors (Lipinski definition) is 6. The second-order valence-corrected chi connectivity index (χ2v) is 12.1. The summed E-state index contributed by atoms with van der Waals surface area (Å²) >= 11 is 7.14. The Kier molecular flexibility index (Phi) is 6.01. The molecule has 1 aliphatic heterocycles. The van der Waals surface area contributed by atoms with Crippen LogP contribution in [0.25, 0.3) is 0 Å². The van der Waals surface area contributed by atoms with Crippen molar-refractivity contribution >= 4 is 48.7 Å². The fraction of sp³-hybridized carbons (Fsp3) is 0.200. The zero-order valence-electron chi connectivity index (χ0n) is 16.4. The van der Waals surface area contributed by atoms with Crippen molar-refractivity contribution in [2.24, 2.45) is 0 Å². The van der Waals surface area contributed by atoms with E-state index in [2.05, 4.69) is 4.72 Å². The second kappa shape index (κ2) is 8.44. The van der Waals surface area contributed by atoms with Crippen molar-refractivity contribution in [2.45, 2.75) is 22.1 Å². The molecular formula is C20H19ClN2O5S3. The van der Waals surface area contributed by atoms with Crippen molar-refractivity contribution in [3.63, 3.8) is 0 Å². The predicted octanol–water partition coefficient (Wildman–Crippen LogP) is 3.96. The molecule has 4 rings (SSSR count). The summed E-state index contributed by atoms with van der Waals surface area (Å²) in [5.41, 5.74) is 2.07. The summed E-state index contributed by atoms with van der Waals surface area (Å²) in [4.78, 5) is -0.0814. The Morgan fingerprint density at radius 1 is 1.06 bits per heavy atom. The highest BCUT2D eigenvalue weighted by Crippen LogP contribution is 2.31. The smallest absolute Gasteiger partial charge is 0.265 e. The van der Waals surface area contributed by atoms with E-state index >= 15 is 0 Å². The highest BCUT2D eigenvalue weighted by molar-refractivity contribution is 7.92. The number of anilines is 1. The van der Waals surface area contributed by atoms with Gasteiger partial charge in [0.2, 0.25) is 0 Å². The first-order valence-corrected chi connectivity index (χ1v) is 13.4. The molecule has 0 amide bonds. The van der Waals surface area contributed by atoms with Crippen LogP contribution in [0.1, 0.15) is 11.1 Å². The van der Waals surface area contributed by atoms with Gasteiger partial charge in [-0.15, -0.1) is 11.3 Å². The molecule has 0 spiro atoms. The molecule has 0 fully saturated rings. The predicted molar refractivity (Wildman–Crippen MR) is 121 cm³/mol. The molecule has 0 bridgehead atoms. The monoisotopic (exact) mass is 498 g/mol. The molecule has 0 aliphatic carbocycles. The number of nitrogens with zero attached hydrogens (tertiary/aromatic N) is 1. The van der Waals surface area contributed by atoms with Crippen molar-refractivity contribution in [3.05, 3.63) is 70.1 Å². The maximum absolute atomic E-state index is 12.9. The summed E-state index contributed by atoms with van der Waals surface area (Å²) in [5, 5.41) is 1.99. The quantitative estimate of drug-likeness (QED) is 0.555. The van der Waals surface area contributed by atoms with Crippen LogP contribution in [-0.4, -0.2) is 34.8 Å². The molecule has 0 saturated carbocycles. The van der Waals surface area contributed by atoms with E-state index in [0.717, 1.165) is 11.1 Å². The van der Waals surface area contributed by atoms with E-state index in [1.165, 1.54) is 34.9 Å². The fourth-order valence-electron chi connectivity index (χ4n) is 3.41. The number of nitrogens with one attached hydrogen (secondary N) is 1. The van der Waals surface area contributed by atoms with E-state index in [4.69, 9.17) is 16.3 Å². The van der Waals surface area contributed by atoms with Crippen molar-refractivity contribution in [1.82, 2.24) is 4.31 Å². The maximum atomic E-state index is 12.9. The maximum Gasteiger partial charge on any atom is 0.265 e. The molecule has 11 heteroatoms. The Bertz CT molecular complexity index is 1320. The Morgan fingerprint density at radius 2 is 1.87 bits per heavy atom. The van der Waals surface area contributed by atoms with Crippen molar-refractivity contribution < 1.29 is 21.6 Å². The molecule has 2 aromatic carbocycles. The lowest BCUT2D eigenvalue weighted by molar-refractivity contribution is 0.392. The van der Waals surface area contributed by atoms with Crippen LogP contribution in [0, 0.1) is 0 Å². The normalized spacial score (nSPS) is 14.8. The van der Waals surface area contributed by atoms with Gasteiger partial charge in [0, 0.05) is 23.8 Å². The third kappa shape index (κ3) is 4.44. The first-order chi connectivity index (χ1) is 14.7. The summed E-state index contributed by atoms with van der Waals surface area (Å²) in [6, 6.07) is 12.8. The zero-order chi connectivity index (χ0) is 22.2. The topological polar surface area (TPSA) is 92.8 Å². The lowest BCUT2D eigenvalue weighted by Crippen LogP contribution is -2.35. The molecule has 0 radical (unpaired) electrons. The van der Waals surface area contributed by atoms with E-state index in [-0.39, 0.29) is 22.2 Å². The van der Waals surface area contributed by atoms with Gasteiger partial charge in [0.1, 0.15) is 14.9 Å². The minimum atomic E-state index is -3.97. The summed E-state index contributed by atoms with van der Waals surface area (Å²) in [7, 11) is -6.18. The molecule has 0 saturated heterocycles. The molecular weight excluding hydrogens is 480 g/mol. The third-order valence-electron chi connectivity index (χ3n) is 4.94. The number of fused-ring (bicyclic) bond motifs is 1. The Balaban J connectivity index is 1.62. The van der Waals surface area contributed by atoms with Crippen molar-refractivity contribution in [3.8, 4) is 5.75 Å². The Hall–Kier alpha value is -2.11. The Labute approximate surface area is 190 Å². The molecule has 1 aromatic heterocycles. The molecule has 164 valence electrons. The number of thiophene rings is 1. The van der Waals surface area contributed by atoms with Gasteiger partial charge in [-0.3, -0.25) is 4.72 Å². The van der Waals surface area contributed by atoms with Gasteiger partial charge in [0.15, 0.2) is 0 Å². The average molecular weight is 499 g/mol. The van der Waals surface area contributed by atoms with Gasteiger partial charge in [0.25, 0.3) is 20.0 Å². The van der Waals surface area contributed by atoms with Crippen LogP contribution in [0.15, 0.2) is 63.0 Å².